The summed E-state index contributed by atoms with van der Waals surface area (Å²) in [4.78, 5) is 2.41. The smallest absolute Gasteiger partial charge is 0.140 e. The Morgan fingerprint density at radius 1 is 0.307 bits per heavy atom. The van der Waals surface area contributed by atoms with E-state index in [4.69, 9.17) is 9.15 Å². The second kappa shape index (κ2) is 15.5. The Labute approximate surface area is 435 Å². The second-order valence-electron chi connectivity index (χ2n) is 21.1. The van der Waals surface area contributed by atoms with Gasteiger partial charge in [0.1, 0.15) is 22.7 Å². The number of para-hydroxylation sites is 1. The highest BCUT2D eigenvalue weighted by atomic mass is 16.5. The summed E-state index contributed by atoms with van der Waals surface area (Å²) in [5.41, 5.74) is 21.6. The molecule has 16 rings (SSSR count). The van der Waals surface area contributed by atoms with Gasteiger partial charge in [-0.2, -0.15) is 0 Å². The van der Waals surface area contributed by atoms with Gasteiger partial charge in [0, 0.05) is 55.1 Å². The lowest BCUT2D eigenvalue weighted by atomic mass is 9.65. The zero-order valence-electron chi connectivity index (χ0n) is 41.4. The third kappa shape index (κ3) is 5.92. The van der Waals surface area contributed by atoms with E-state index in [9.17, 15) is 0 Å². The molecular formula is C72H47NO2. The zero-order valence-corrected chi connectivity index (χ0v) is 41.4. The summed E-state index contributed by atoms with van der Waals surface area (Å²) in [7, 11) is 0. The minimum absolute atomic E-state index is 0.146. The van der Waals surface area contributed by atoms with Crippen LogP contribution in [0.1, 0.15) is 47.2 Å². The molecule has 352 valence electrons. The number of hydrogen-bond donors (Lipinski definition) is 0. The first-order chi connectivity index (χ1) is 36.9. The largest absolute Gasteiger partial charge is 0.456 e. The number of furan rings is 1. The van der Waals surface area contributed by atoms with Crippen molar-refractivity contribution in [1.29, 1.82) is 0 Å². The molecule has 13 aromatic rings. The van der Waals surface area contributed by atoms with Crippen molar-refractivity contribution in [3.63, 3.8) is 0 Å². The second-order valence-corrected chi connectivity index (χ2v) is 21.1. The maximum absolute atomic E-state index is 7.24. The Morgan fingerprint density at radius 3 is 1.47 bits per heavy atom. The quantitative estimate of drug-likeness (QED) is 0.172. The molecule has 3 nitrogen and oxygen atoms in total. The van der Waals surface area contributed by atoms with E-state index < -0.39 is 5.41 Å². The van der Waals surface area contributed by atoms with Crippen LogP contribution >= 0.6 is 0 Å². The van der Waals surface area contributed by atoms with E-state index in [1.54, 1.807) is 0 Å². The van der Waals surface area contributed by atoms with Gasteiger partial charge >= 0.3 is 0 Å². The van der Waals surface area contributed by atoms with Crippen LogP contribution in [0.2, 0.25) is 0 Å². The van der Waals surface area contributed by atoms with E-state index in [0.29, 0.717) is 0 Å². The van der Waals surface area contributed by atoms with Gasteiger partial charge in [-0.3, -0.25) is 0 Å². The predicted octanol–water partition coefficient (Wildman–Crippen LogP) is 19.5. The van der Waals surface area contributed by atoms with Gasteiger partial charge in [0.15, 0.2) is 0 Å². The molecule has 1 aromatic heterocycles. The third-order valence-electron chi connectivity index (χ3n) is 16.9. The van der Waals surface area contributed by atoms with Crippen molar-refractivity contribution in [3.05, 3.63) is 282 Å². The number of anilines is 3. The monoisotopic (exact) mass is 957 g/mol. The zero-order chi connectivity index (χ0) is 49.6. The fourth-order valence-electron chi connectivity index (χ4n) is 13.4. The normalized spacial score (nSPS) is 14.1. The van der Waals surface area contributed by atoms with E-state index in [1.165, 1.54) is 55.6 Å². The van der Waals surface area contributed by atoms with Crippen LogP contribution in [0.15, 0.2) is 253 Å². The average Bonchev–Trinajstić information content (AvgIpc) is 4.07. The molecule has 1 aliphatic heterocycles. The lowest BCUT2D eigenvalue weighted by molar-refractivity contribution is 0.447. The lowest BCUT2D eigenvalue weighted by Gasteiger charge is -2.40. The first-order valence-corrected chi connectivity index (χ1v) is 26.1. The van der Waals surface area contributed by atoms with Gasteiger partial charge in [-0.25, -0.2) is 0 Å². The van der Waals surface area contributed by atoms with Gasteiger partial charge in [-0.05, 0) is 138 Å². The molecule has 2 heterocycles. The predicted molar refractivity (Wildman–Crippen MR) is 309 cm³/mol. The van der Waals surface area contributed by atoms with E-state index >= 15 is 0 Å². The van der Waals surface area contributed by atoms with Crippen LogP contribution in [-0.2, 0) is 10.8 Å². The van der Waals surface area contributed by atoms with Gasteiger partial charge < -0.3 is 14.1 Å². The summed E-state index contributed by atoms with van der Waals surface area (Å²) in [5.74, 6) is 1.85. The third-order valence-corrected chi connectivity index (χ3v) is 16.9. The van der Waals surface area contributed by atoms with E-state index in [1.807, 2.05) is 12.1 Å². The van der Waals surface area contributed by atoms with Gasteiger partial charge in [0.2, 0.25) is 0 Å². The van der Waals surface area contributed by atoms with E-state index in [-0.39, 0.29) is 5.41 Å². The van der Waals surface area contributed by atoms with Crippen LogP contribution in [0.25, 0.3) is 88.0 Å². The first-order valence-electron chi connectivity index (χ1n) is 26.1. The molecule has 0 saturated carbocycles. The van der Waals surface area contributed by atoms with E-state index in [0.717, 1.165) is 94.3 Å². The first kappa shape index (κ1) is 42.1. The maximum Gasteiger partial charge on any atom is 0.140 e. The summed E-state index contributed by atoms with van der Waals surface area (Å²) in [6.45, 7) is 4.71. The highest BCUT2D eigenvalue weighted by Crippen LogP contribution is 2.64. The summed E-state index contributed by atoms with van der Waals surface area (Å²) in [6.07, 6.45) is 0. The Balaban J connectivity index is 0.838. The summed E-state index contributed by atoms with van der Waals surface area (Å²) >= 11 is 0. The van der Waals surface area contributed by atoms with Gasteiger partial charge in [0.05, 0.1) is 5.41 Å². The van der Waals surface area contributed by atoms with Crippen molar-refractivity contribution in [3.8, 4) is 56.0 Å². The highest BCUT2D eigenvalue weighted by Gasteiger charge is 2.52. The molecule has 75 heavy (non-hydrogen) atoms. The average molecular weight is 958 g/mol. The summed E-state index contributed by atoms with van der Waals surface area (Å²) in [6, 6.07) is 91.5. The van der Waals surface area contributed by atoms with Crippen LogP contribution in [0, 0.1) is 0 Å². The molecule has 0 saturated heterocycles. The Hall–Kier alpha value is -9.44. The topological polar surface area (TPSA) is 25.6 Å². The Morgan fingerprint density at radius 2 is 0.787 bits per heavy atom. The van der Waals surface area contributed by atoms with Crippen LogP contribution in [0.3, 0.4) is 0 Å². The Bertz CT molecular complexity index is 4450. The molecule has 2 aliphatic carbocycles. The van der Waals surface area contributed by atoms with Gasteiger partial charge in [-0.15, -0.1) is 0 Å². The number of nitrogens with zero attached hydrogens (tertiary/aromatic N) is 1. The molecule has 12 aromatic carbocycles. The fraction of sp³-hybridized carbons (Fsp3) is 0.0556. The molecule has 0 N–H and O–H groups in total. The summed E-state index contributed by atoms with van der Waals surface area (Å²) in [5, 5.41) is 6.83. The van der Waals surface area contributed by atoms with E-state index in [2.05, 4.69) is 255 Å². The molecule has 0 fully saturated rings. The molecule has 3 aliphatic rings. The number of hydrogen-bond acceptors (Lipinski definition) is 3. The number of rotatable bonds is 5. The van der Waals surface area contributed by atoms with Gasteiger partial charge in [-0.1, -0.05) is 202 Å². The molecular weight excluding hydrogens is 911 g/mol. The van der Waals surface area contributed by atoms with Crippen molar-refractivity contribution >= 4 is 60.5 Å². The van der Waals surface area contributed by atoms with Crippen molar-refractivity contribution < 1.29 is 9.15 Å². The molecule has 0 unspecified atom stereocenters. The van der Waals surface area contributed by atoms with Crippen LogP contribution in [-0.4, -0.2) is 0 Å². The molecule has 3 heteroatoms. The number of benzene rings is 12. The Kier molecular flexibility index (Phi) is 8.72. The molecule has 0 amide bonds. The minimum atomic E-state index is -0.624. The minimum Gasteiger partial charge on any atom is -0.456 e. The van der Waals surface area contributed by atoms with Crippen LogP contribution in [0.4, 0.5) is 17.1 Å². The highest BCUT2D eigenvalue weighted by molar-refractivity contribution is 6.06. The fourth-order valence-corrected chi connectivity index (χ4v) is 13.4. The maximum atomic E-state index is 7.24. The van der Waals surface area contributed by atoms with Crippen molar-refractivity contribution in [2.45, 2.75) is 24.7 Å². The van der Waals surface area contributed by atoms with Crippen molar-refractivity contribution in [2.75, 3.05) is 4.90 Å². The standard InChI is InChI=1S/C72H47NO2/c1-71(2)61-20-10-7-17-55(61)57-38-35-52(43-65(57)71)73(51-33-25-45(26-34-51)49-28-37-60-59-19-9-12-22-67(59)74-68(60)42-49)50-31-23-44(24-32-50)48-27-36-58-56-18-8-11-21-62(56)72(66(58)41-48)63-39-29-46-13-3-5-15-53(46)69(63)75-70-54-16-6-4-14-47(54)30-40-64(70)72/h3-43H,1-2H3. The molecule has 0 radical (unpaired) electrons. The van der Waals surface area contributed by atoms with Crippen molar-refractivity contribution in [2.24, 2.45) is 0 Å². The SMILES string of the molecule is CC1(C)c2ccccc2-c2ccc(N(c3ccc(-c4ccc5c(c4)C4(c6ccccc6-5)c5ccc6ccccc6c5Oc5c4ccc4ccccc54)cc3)c3ccc(-c4ccc5c(c4)oc4ccccc45)cc3)cc21. The van der Waals surface area contributed by atoms with Crippen molar-refractivity contribution in [1.82, 2.24) is 0 Å². The number of fused-ring (bicyclic) bond motifs is 19. The molecule has 0 atom stereocenters. The molecule has 0 bridgehead atoms. The van der Waals surface area contributed by atoms with Crippen LogP contribution < -0.4 is 9.64 Å². The summed E-state index contributed by atoms with van der Waals surface area (Å²) < 4.78 is 13.6. The van der Waals surface area contributed by atoms with Gasteiger partial charge in [0.25, 0.3) is 0 Å². The van der Waals surface area contributed by atoms with Crippen LogP contribution in [0.5, 0.6) is 11.5 Å². The lowest BCUT2D eigenvalue weighted by Crippen LogP contribution is -2.32. The number of ether oxygens (including phenoxy) is 1. The molecule has 1 spiro atoms.